The van der Waals surface area contributed by atoms with Crippen molar-refractivity contribution >= 4 is 5.96 Å². The molecule has 0 amide bonds. The lowest BCUT2D eigenvalue weighted by molar-refractivity contribution is 0.0646. The van der Waals surface area contributed by atoms with Crippen LogP contribution in [0.4, 0.5) is 0 Å². The van der Waals surface area contributed by atoms with E-state index in [0.29, 0.717) is 12.0 Å². The van der Waals surface area contributed by atoms with Crippen LogP contribution in [0.1, 0.15) is 45.6 Å². The van der Waals surface area contributed by atoms with E-state index in [0.717, 1.165) is 51.3 Å². The standard InChI is InChI=1S/C19H33N5O/c1-3-21-19(22-8-4-17-6-12-25-13-7-17)23-10-5-16(2)18(14-23)24-11-9-20-15-24/h9,11,15-18H,3-8,10,12-14H2,1-2H3,(H,21,22). The molecule has 6 nitrogen and oxygen atoms in total. The van der Waals surface area contributed by atoms with Gasteiger partial charge in [0.2, 0.25) is 0 Å². The van der Waals surface area contributed by atoms with Gasteiger partial charge in [0.1, 0.15) is 0 Å². The maximum Gasteiger partial charge on any atom is 0.193 e. The summed E-state index contributed by atoms with van der Waals surface area (Å²) in [5.41, 5.74) is 0. The van der Waals surface area contributed by atoms with Gasteiger partial charge in [-0.3, -0.25) is 4.99 Å². The monoisotopic (exact) mass is 347 g/mol. The highest BCUT2D eigenvalue weighted by Gasteiger charge is 2.28. The first-order chi connectivity index (χ1) is 12.3. The number of likely N-dealkylation sites (tertiary alicyclic amines) is 1. The van der Waals surface area contributed by atoms with Crippen molar-refractivity contribution in [2.45, 2.75) is 45.6 Å². The molecule has 3 heterocycles. The van der Waals surface area contributed by atoms with Crippen LogP contribution in [0.2, 0.25) is 0 Å². The molecule has 6 heteroatoms. The van der Waals surface area contributed by atoms with Gasteiger partial charge in [-0.2, -0.15) is 0 Å². The van der Waals surface area contributed by atoms with E-state index < -0.39 is 0 Å². The van der Waals surface area contributed by atoms with E-state index in [4.69, 9.17) is 9.73 Å². The highest BCUT2D eigenvalue weighted by molar-refractivity contribution is 5.80. The fourth-order valence-corrected chi connectivity index (χ4v) is 3.91. The van der Waals surface area contributed by atoms with Crippen molar-refractivity contribution in [3.8, 4) is 0 Å². The second-order valence-corrected chi connectivity index (χ2v) is 7.37. The first-order valence-corrected chi connectivity index (χ1v) is 9.86. The van der Waals surface area contributed by atoms with Crippen LogP contribution in [0.15, 0.2) is 23.7 Å². The Hall–Kier alpha value is -1.56. The van der Waals surface area contributed by atoms with Crippen LogP contribution in [0.25, 0.3) is 0 Å². The third-order valence-electron chi connectivity index (χ3n) is 5.60. The van der Waals surface area contributed by atoms with Crippen molar-refractivity contribution in [2.24, 2.45) is 16.8 Å². The normalized spacial score (nSPS) is 26.0. The zero-order valence-electron chi connectivity index (χ0n) is 15.7. The summed E-state index contributed by atoms with van der Waals surface area (Å²) < 4.78 is 7.71. The highest BCUT2D eigenvalue weighted by Crippen LogP contribution is 2.27. The number of hydrogen-bond acceptors (Lipinski definition) is 3. The average molecular weight is 348 g/mol. The highest BCUT2D eigenvalue weighted by atomic mass is 16.5. The van der Waals surface area contributed by atoms with Gasteiger partial charge >= 0.3 is 0 Å². The Morgan fingerprint density at radius 1 is 1.32 bits per heavy atom. The molecule has 0 aliphatic carbocycles. The quantitative estimate of drug-likeness (QED) is 0.657. The summed E-state index contributed by atoms with van der Waals surface area (Å²) in [6, 6.07) is 0.468. The van der Waals surface area contributed by atoms with Gasteiger partial charge in [-0.1, -0.05) is 6.92 Å². The molecule has 0 saturated carbocycles. The molecule has 2 unspecified atom stereocenters. The smallest absolute Gasteiger partial charge is 0.193 e. The average Bonchev–Trinajstić information content (AvgIpc) is 3.17. The third kappa shape index (κ3) is 4.97. The van der Waals surface area contributed by atoms with Crippen LogP contribution < -0.4 is 5.32 Å². The maximum absolute atomic E-state index is 5.45. The summed E-state index contributed by atoms with van der Waals surface area (Å²) >= 11 is 0. The second-order valence-electron chi connectivity index (χ2n) is 7.37. The van der Waals surface area contributed by atoms with Gasteiger partial charge in [-0.05, 0) is 44.4 Å². The van der Waals surface area contributed by atoms with Gasteiger partial charge in [0, 0.05) is 51.8 Å². The molecule has 2 atom stereocenters. The number of nitrogens with zero attached hydrogens (tertiary/aromatic N) is 4. The summed E-state index contributed by atoms with van der Waals surface area (Å²) in [6.45, 7) is 10.2. The molecular formula is C19H33N5O. The van der Waals surface area contributed by atoms with E-state index in [1.165, 1.54) is 25.7 Å². The fourth-order valence-electron chi connectivity index (χ4n) is 3.91. The van der Waals surface area contributed by atoms with E-state index in [-0.39, 0.29) is 0 Å². The van der Waals surface area contributed by atoms with Gasteiger partial charge < -0.3 is 19.5 Å². The minimum Gasteiger partial charge on any atom is -0.381 e. The van der Waals surface area contributed by atoms with E-state index >= 15 is 0 Å². The summed E-state index contributed by atoms with van der Waals surface area (Å²) in [6.07, 6.45) is 10.6. The Labute approximate surface area is 151 Å². The molecule has 1 aromatic rings. The molecule has 2 saturated heterocycles. The van der Waals surface area contributed by atoms with Gasteiger partial charge in [0.05, 0.1) is 12.4 Å². The first-order valence-electron chi connectivity index (χ1n) is 9.86. The predicted molar refractivity (Wildman–Crippen MR) is 101 cm³/mol. The summed E-state index contributed by atoms with van der Waals surface area (Å²) in [4.78, 5) is 11.6. The molecule has 0 bridgehead atoms. The molecule has 1 N–H and O–H groups in total. The number of guanidine groups is 1. The summed E-state index contributed by atoms with van der Waals surface area (Å²) in [5, 5.41) is 3.50. The molecule has 25 heavy (non-hydrogen) atoms. The molecule has 0 spiro atoms. The number of nitrogens with one attached hydrogen (secondary N) is 1. The molecule has 0 radical (unpaired) electrons. The Bertz CT molecular complexity index is 524. The van der Waals surface area contributed by atoms with Crippen LogP contribution in [-0.2, 0) is 4.74 Å². The van der Waals surface area contributed by atoms with E-state index in [1.54, 1.807) is 0 Å². The molecule has 2 fully saturated rings. The van der Waals surface area contributed by atoms with Crippen LogP contribution >= 0.6 is 0 Å². The van der Waals surface area contributed by atoms with Crippen LogP contribution in [0.3, 0.4) is 0 Å². The second kappa shape index (κ2) is 9.22. The predicted octanol–water partition coefficient (Wildman–Crippen LogP) is 2.55. The van der Waals surface area contributed by atoms with Crippen molar-refractivity contribution in [3.63, 3.8) is 0 Å². The van der Waals surface area contributed by atoms with Crippen molar-refractivity contribution < 1.29 is 4.74 Å². The number of rotatable bonds is 5. The minimum absolute atomic E-state index is 0.468. The van der Waals surface area contributed by atoms with E-state index in [2.05, 4.69) is 39.8 Å². The number of aliphatic imine (C=N–C) groups is 1. The lowest BCUT2D eigenvalue weighted by Gasteiger charge is -2.39. The molecule has 1 aromatic heterocycles. The molecule has 3 rings (SSSR count). The number of hydrogen-bond donors (Lipinski definition) is 1. The van der Waals surface area contributed by atoms with Crippen molar-refractivity contribution in [3.05, 3.63) is 18.7 Å². The number of aromatic nitrogens is 2. The molecule has 0 aromatic carbocycles. The zero-order chi connectivity index (χ0) is 17.5. The largest absolute Gasteiger partial charge is 0.381 e. The lowest BCUT2D eigenvalue weighted by Crippen LogP contribution is -2.49. The first kappa shape index (κ1) is 18.2. The molecule has 2 aliphatic heterocycles. The topological polar surface area (TPSA) is 54.7 Å². The number of imidazole rings is 1. The van der Waals surface area contributed by atoms with Gasteiger partial charge in [0.15, 0.2) is 5.96 Å². The summed E-state index contributed by atoms with van der Waals surface area (Å²) in [7, 11) is 0. The lowest BCUT2D eigenvalue weighted by atomic mass is 9.93. The van der Waals surface area contributed by atoms with Gasteiger partial charge in [-0.25, -0.2) is 4.98 Å². The van der Waals surface area contributed by atoms with Crippen LogP contribution in [0.5, 0.6) is 0 Å². The fraction of sp³-hybridized carbons (Fsp3) is 0.789. The third-order valence-corrected chi connectivity index (χ3v) is 5.60. The zero-order valence-corrected chi connectivity index (χ0v) is 15.7. The number of piperidine rings is 1. The maximum atomic E-state index is 5.45. The molecule has 2 aliphatic rings. The Kier molecular flexibility index (Phi) is 6.73. The Balaban J connectivity index is 1.59. The van der Waals surface area contributed by atoms with Crippen molar-refractivity contribution in [1.82, 2.24) is 19.8 Å². The van der Waals surface area contributed by atoms with E-state index in [9.17, 15) is 0 Å². The molecular weight excluding hydrogens is 314 g/mol. The van der Waals surface area contributed by atoms with Gasteiger partial charge in [0.25, 0.3) is 0 Å². The summed E-state index contributed by atoms with van der Waals surface area (Å²) in [5.74, 6) is 2.52. The van der Waals surface area contributed by atoms with Gasteiger partial charge in [-0.15, -0.1) is 0 Å². The van der Waals surface area contributed by atoms with Crippen molar-refractivity contribution in [2.75, 3.05) is 39.4 Å². The Morgan fingerprint density at radius 3 is 2.88 bits per heavy atom. The van der Waals surface area contributed by atoms with E-state index in [1.807, 2.05) is 12.5 Å². The van der Waals surface area contributed by atoms with Crippen LogP contribution in [-0.4, -0.2) is 59.8 Å². The Morgan fingerprint density at radius 2 is 2.16 bits per heavy atom. The van der Waals surface area contributed by atoms with Crippen molar-refractivity contribution in [1.29, 1.82) is 0 Å². The SMILES string of the molecule is CCNC(=NCCC1CCOCC1)N1CCC(C)C(n2ccnc2)C1. The molecule has 140 valence electrons. The minimum atomic E-state index is 0.468. The van der Waals surface area contributed by atoms with Crippen LogP contribution in [0, 0.1) is 11.8 Å². The number of ether oxygens (including phenoxy) is 1.